The van der Waals surface area contributed by atoms with Crippen molar-refractivity contribution >= 4 is 23.6 Å². The topological polar surface area (TPSA) is 98.7 Å². The minimum Gasteiger partial charge on any atom is -0.481 e. The van der Waals surface area contributed by atoms with Gasteiger partial charge in [0.2, 0.25) is 0 Å². The minimum absolute atomic E-state index is 0.0124. The van der Waals surface area contributed by atoms with E-state index in [1.54, 1.807) is 24.4 Å². The number of carbonyl (C=O) groups is 3. The van der Waals surface area contributed by atoms with Gasteiger partial charge in [0.1, 0.15) is 0 Å². The van der Waals surface area contributed by atoms with Gasteiger partial charge in [-0.25, -0.2) is 4.79 Å². The Kier molecular flexibility index (Phi) is 6.99. The molecule has 26 heavy (non-hydrogen) atoms. The Balaban J connectivity index is 2.76. The van der Waals surface area contributed by atoms with Crippen LogP contribution in [0.5, 0.6) is 0 Å². The molecule has 0 fully saturated rings. The summed E-state index contributed by atoms with van der Waals surface area (Å²) in [7, 11) is 1.43. The van der Waals surface area contributed by atoms with Crippen LogP contribution in [0.3, 0.4) is 0 Å². The van der Waals surface area contributed by atoms with E-state index in [1.807, 2.05) is 0 Å². The summed E-state index contributed by atoms with van der Waals surface area (Å²) < 4.78 is 36.6. The molecule has 0 bridgehead atoms. The minimum atomic E-state index is -4.97. The molecule has 0 heterocycles. The van der Waals surface area contributed by atoms with Crippen LogP contribution in [0.15, 0.2) is 18.2 Å². The zero-order valence-corrected chi connectivity index (χ0v) is 14.5. The number of rotatable bonds is 6. The van der Waals surface area contributed by atoms with Gasteiger partial charge < -0.3 is 20.6 Å². The van der Waals surface area contributed by atoms with E-state index in [1.165, 1.54) is 24.9 Å². The highest BCUT2D eigenvalue weighted by atomic mass is 19.4. The summed E-state index contributed by atoms with van der Waals surface area (Å²) >= 11 is 0. The molecule has 0 saturated heterocycles. The number of aliphatic carboxylic acids is 1. The largest absolute Gasteiger partial charge is 0.481 e. The molecular formula is C16H20F3N3O4. The van der Waals surface area contributed by atoms with Crippen LogP contribution in [0.2, 0.25) is 0 Å². The van der Waals surface area contributed by atoms with Gasteiger partial charge in [0, 0.05) is 25.8 Å². The molecule has 1 rings (SSSR count). The molecule has 0 aliphatic heterocycles. The van der Waals surface area contributed by atoms with Gasteiger partial charge in [0.05, 0.1) is 5.92 Å². The molecule has 0 aromatic heterocycles. The number of nitrogens with zero attached hydrogens (tertiary/aromatic N) is 1. The summed E-state index contributed by atoms with van der Waals surface area (Å²) in [4.78, 5) is 35.0. The fraction of sp³-hybridized carbons (Fsp3) is 0.438. The third-order valence-corrected chi connectivity index (χ3v) is 3.41. The second-order valence-corrected chi connectivity index (χ2v) is 5.94. The van der Waals surface area contributed by atoms with E-state index in [4.69, 9.17) is 5.11 Å². The maximum absolute atomic E-state index is 12.2. The monoisotopic (exact) mass is 375 g/mol. The zero-order valence-electron chi connectivity index (χ0n) is 14.5. The maximum atomic E-state index is 12.2. The number of urea groups is 1. The van der Waals surface area contributed by atoms with Crippen LogP contribution < -0.4 is 10.6 Å². The standard InChI is InChI=1S/C16H20F3N3O4/c1-9-4-11(7-20-14(25)16(17,18)19)6-12(5-9)21-15(26)22(3)8-10(2)13(23)24/h4-6,10H,7-8H2,1-3H3,(H,20,25)(H,21,26)(H,23,24). The van der Waals surface area contributed by atoms with Gasteiger partial charge in [0.25, 0.3) is 0 Å². The Hall–Kier alpha value is -2.78. The molecule has 0 aliphatic carbocycles. The van der Waals surface area contributed by atoms with E-state index in [0.29, 0.717) is 16.8 Å². The van der Waals surface area contributed by atoms with Gasteiger partial charge in [-0.15, -0.1) is 0 Å². The van der Waals surface area contributed by atoms with Crippen molar-refractivity contribution in [3.05, 3.63) is 29.3 Å². The van der Waals surface area contributed by atoms with Gasteiger partial charge in [-0.2, -0.15) is 13.2 Å². The molecule has 144 valence electrons. The molecule has 7 nitrogen and oxygen atoms in total. The van der Waals surface area contributed by atoms with Crippen molar-refractivity contribution in [1.82, 2.24) is 10.2 Å². The third-order valence-electron chi connectivity index (χ3n) is 3.41. The molecule has 0 saturated carbocycles. The lowest BCUT2D eigenvalue weighted by molar-refractivity contribution is -0.173. The van der Waals surface area contributed by atoms with Crippen molar-refractivity contribution in [1.29, 1.82) is 0 Å². The van der Waals surface area contributed by atoms with Crippen LogP contribution in [0.1, 0.15) is 18.1 Å². The highest BCUT2D eigenvalue weighted by molar-refractivity contribution is 5.89. The molecular weight excluding hydrogens is 355 g/mol. The number of amides is 3. The second-order valence-electron chi connectivity index (χ2n) is 5.94. The number of carbonyl (C=O) groups excluding carboxylic acids is 2. The van der Waals surface area contributed by atoms with Gasteiger partial charge >= 0.3 is 24.1 Å². The van der Waals surface area contributed by atoms with E-state index in [2.05, 4.69) is 5.32 Å². The number of nitrogens with one attached hydrogen (secondary N) is 2. The zero-order chi connectivity index (χ0) is 20.1. The number of alkyl halides is 3. The van der Waals surface area contributed by atoms with Gasteiger partial charge in [-0.1, -0.05) is 13.0 Å². The van der Waals surface area contributed by atoms with Gasteiger partial charge in [0.15, 0.2) is 0 Å². The Morgan fingerprint density at radius 3 is 2.38 bits per heavy atom. The SMILES string of the molecule is Cc1cc(CNC(=O)C(F)(F)F)cc(NC(=O)N(C)CC(C)C(=O)O)c1. The van der Waals surface area contributed by atoms with Crippen LogP contribution in [0.4, 0.5) is 23.7 Å². The van der Waals surface area contributed by atoms with E-state index >= 15 is 0 Å². The summed E-state index contributed by atoms with van der Waals surface area (Å²) in [6.45, 7) is 2.78. The number of carboxylic acids is 1. The van der Waals surface area contributed by atoms with Crippen LogP contribution >= 0.6 is 0 Å². The molecule has 1 atom stereocenters. The van der Waals surface area contributed by atoms with Crippen molar-refractivity contribution in [2.45, 2.75) is 26.6 Å². The average Bonchev–Trinajstić information content (AvgIpc) is 2.50. The lowest BCUT2D eigenvalue weighted by Crippen LogP contribution is -2.37. The summed E-state index contributed by atoms with van der Waals surface area (Å²) in [5.41, 5.74) is 1.36. The number of benzene rings is 1. The molecule has 0 spiro atoms. The van der Waals surface area contributed by atoms with Crippen LogP contribution in [-0.4, -0.2) is 47.7 Å². The highest BCUT2D eigenvalue weighted by Gasteiger charge is 2.38. The summed E-state index contributed by atoms with van der Waals surface area (Å²) in [6.07, 6.45) is -4.97. The Labute approximate surface area is 148 Å². The van der Waals surface area contributed by atoms with Gasteiger partial charge in [-0.05, 0) is 30.2 Å². The predicted octanol–water partition coefficient (Wildman–Crippen LogP) is 2.36. The second kappa shape index (κ2) is 8.54. The first-order chi connectivity index (χ1) is 11.9. The number of hydrogen-bond donors (Lipinski definition) is 3. The highest BCUT2D eigenvalue weighted by Crippen LogP contribution is 2.17. The van der Waals surface area contributed by atoms with E-state index in [0.717, 1.165) is 0 Å². The quantitative estimate of drug-likeness (QED) is 0.711. The van der Waals surface area contributed by atoms with Crippen LogP contribution in [-0.2, 0) is 16.1 Å². The molecule has 1 aromatic carbocycles. The summed E-state index contributed by atoms with van der Waals surface area (Å²) in [6, 6.07) is 4.04. The Morgan fingerprint density at radius 2 is 1.85 bits per heavy atom. The molecule has 3 amide bonds. The van der Waals surface area contributed by atoms with Crippen molar-refractivity contribution in [3.8, 4) is 0 Å². The summed E-state index contributed by atoms with van der Waals surface area (Å²) in [5.74, 6) is -3.84. The number of anilines is 1. The first-order valence-corrected chi connectivity index (χ1v) is 7.60. The number of halogens is 3. The van der Waals surface area contributed by atoms with Crippen LogP contribution in [0.25, 0.3) is 0 Å². The molecule has 1 aromatic rings. The van der Waals surface area contributed by atoms with Crippen LogP contribution in [0, 0.1) is 12.8 Å². The first-order valence-electron chi connectivity index (χ1n) is 7.60. The normalized spacial score (nSPS) is 12.2. The van der Waals surface area contributed by atoms with Crippen molar-refractivity contribution < 1.29 is 32.7 Å². The molecule has 0 radical (unpaired) electrons. The average molecular weight is 375 g/mol. The number of aryl methyl sites for hydroxylation is 1. The molecule has 1 unspecified atom stereocenters. The molecule has 3 N–H and O–H groups in total. The molecule has 10 heteroatoms. The summed E-state index contributed by atoms with van der Waals surface area (Å²) in [5, 5.41) is 13.2. The smallest absolute Gasteiger partial charge is 0.471 e. The number of hydrogen-bond acceptors (Lipinski definition) is 3. The maximum Gasteiger partial charge on any atom is 0.471 e. The van der Waals surface area contributed by atoms with Crippen molar-refractivity contribution in [2.75, 3.05) is 18.9 Å². The lowest BCUT2D eigenvalue weighted by atomic mass is 10.1. The first kappa shape index (κ1) is 21.3. The fourth-order valence-electron chi connectivity index (χ4n) is 2.11. The predicted molar refractivity (Wildman–Crippen MR) is 87.5 cm³/mol. The Morgan fingerprint density at radius 1 is 1.23 bits per heavy atom. The lowest BCUT2D eigenvalue weighted by Gasteiger charge is -2.20. The fourth-order valence-corrected chi connectivity index (χ4v) is 2.11. The van der Waals surface area contributed by atoms with Crippen molar-refractivity contribution in [3.63, 3.8) is 0 Å². The van der Waals surface area contributed by atoms with E-state index in [-0.39, 0.29) is 13.1 Å². The van der Waals surface area contributed by atoms with E-state index < -0.39 is 30.0 Å². The molecule has 0 aliphatic rings. The third kappa shape index (κ3) is 6.61. The van der Waals surface area contributed by atoms with Gasteiger partial charge in [-0.3, -0.25) is 9.59 Å². The van der Waals surface area contributed by atoms with E-state index in [9.17, 15) is 27.6 Å². The Bertz CT molecular complexity index is 692. The van der Waals surface area contributed by atoms with Crippen molar-refractivity contribution in [2.24, 2.45) is 5.92 Å². The number of carboxylic acid groups (broad SMARTS) is 1.